The summed E-state index contributed by atoms with van der Waals surface area (Å²) >= 11 is 1.08. The summed E-state index contributed by atoms with van der Waals surface area (Å²) in [6.07, 6.45) is 1.30. The van der Waals surface area contributed by atoms with Crippen molar-refractivity contribution in [2.75, 3.05) is 11.9 Å². The summed E-state index contributed by atoms with van der Waals surface area (Å²) in [6.45, 7) is -0.665. The zero-order valence-corrected chi connectivity index (χ0v) is 13.2. The molecule has 25 heavy (non-hydrogen) atoms. The predicted molar refractivity (Wildman–Crippen MR) is 82.3 cm³/mol. The molecule has 0 atom stereocenters. The Bertz CT molecular complexity index is 913. The summed E-state index contributed by atoms with van der Waals surface area (Å²) in [6, 6.07) is 4.23. The van der Waals surface area contributed by atoms with Gasteiger partial charge in [-0.25, -0.2) is 13.6 Å². The van der Waals surface area contributed by atoms with E-state index in [9.17, 15) is 18.4 Å². The fourth-order valence-electron chi connectivity index (χ4n) is 1.88. The second-order valence-electron chi connectivity index (χ2n) is 4.64. The van der Waals surface area contributed by atoms with E-state index in [2.05, 4.69) is 20.8 Å². The van der Waals surface area contributed by atoms with E-state index in [1.807, 2.05) is 0 Å². The molecule has 2 aromatic heterocycles. The Balaban J connectivity index is 1.62. The van der Waals surface area contributed by atoms with Gasteiger partial charge in [0.1, 0.15) is 22.8 Å². The molecule has 0 aliphatic heterocycles. The Morgan fingerprint density at radius 2 is 2.12 bits per heavy atom. The minimum atomic E-state index is -0.807. The lowest BCUT2D eigenvalue weighted by Crippen LogP contribution is -2.21. The molecule has 3 rings (SSSR count). The first-order valence-corrected chi connectivity index (χ1v) is 7.65. The highest BCUT2D eigenvalue weighted by Crippen LogP contribution is 2.21. The van der Waals surface area contributed by atoms with E-state index in [0.29, 0.717) is 5.69 Å². The summed E-state index contributed by atoms with van der Waals surface area (Å²) in [5.74, 6) is -3.09. The van der Waals surface area contributed by atoms with E-state index < -0.39 is 30.1 Å². The SMILES string of the molecule is O=C(COC(=O)c1sccc1-n1cnnn1)Nc1cc(F)ccc1F. The van der Waals surface area contributed by atoms with Crippen LogP contribution < -0.4 is 5.32 Å². The Kier molecular flexibility index (Phi) is 4.75. The Labute approximate surface area is 143 Å². The lowest BCUT2D eigenvalue weighted by atomic mass is 10.3. The zero-order chi connectivity index (χ0) is 17.8. The van der Waals surface area contributed by atoms with E-state index in [1.54, 1.807) is 11.4 Å². The smallest absolute Gasteiger partial charge is 0.351 e. The van der Waals surface area contributed by atoms with E-state index in [-0.39, 0.29) is 10.6 Å². The van der Waals surface area contributed by atoms with Gasteiger partial charge in [0.2, 0.25) is 0 Å². The van der Waals surface area contributed by atoms with Crippen molar-refractivity contribution in [1.29, 1.82) is 0 Å². The van der Waals surface area contributed by atoms with Crippen molar-refractivity contribution in [3.8, 4) is 5.69 Å². The van der Waals surface area contributed by atoms with Gasteiger partial charge in [-0.05, 0) is 34.0 Å². The Hall–Kier alpha value is -3.21. The molecule has 1 aromatic carbocycles. The first kappa shape index (κ1) is 16.6. The van der Waals surface area contributed by atoms with Gasteiger partial charge in [0.05, 0.1) is 11.4 Å². The lowest BCUT2D eigenvalue weighted by Gasteiger charge is -2.07. The molecule has 2 heterocycles. The van der Waals surface area contributed by atoms with Gasteiger partial charge in [-0.15, -0.1) is 16.4 Å². The number of nitrogens with zero attached hydrogens (tertiary/aromatic N) is 4. The van der Waals surface area contributed by atoms with Gasteiger partial charge < -0.3 is 10.1 Å². The van der Waals surface area contributed by atoms with Crippen LogP contribution in [0, 0.1) is 11.6 Å². The molecule has 0 fully saturated rings. The van der Waals surface area contributed by atoms with Crippen molar-refractivity contribution >= 4 is 28.9 Å². The summed E-state index contributed by atoms with van der Waals surface area (Å²) in [5, 5.41) is 14.4. The number of ether oxygens (including phenoxy) is 1. The summed E-state index contributed by atoms with van der Waals surface area (Å²) in [5.41, 5.74) is 0.0585. The summed E-state index contributed by atoms with van der Waals surface area (Å²) in [4.78, 5) is 24.0. The quantitative estimate of drug-likeness (QED) is 0.692. The van der Waals surface area contributed by atoms with Gasteiger partial charge in [-0.2, -0.15) is 4.68 Å². The maximum absolute atomic E-state index is 13.5. The van der Waals surface area contributed by atoms with Crippen molar-refractivity contribution in [2.45, 2.75) is 0 Å². The topological polar surface area (TPSA) is 99.0 Å². The minimum Gasteiger partial charge on any atom is -0.451 e. The normalized spacial score (nSPS) is 10.5. The first-order valence-electron chi connectivity index (χ1n) is 6.77. The van der Waals surface area contributed by atoms with Crippen molar-refractivity contribution in [3.05, 3.63) is 52.5 Å². The maximum Gasteiger partial charge on any atom is 0.351 e. The highest BCUT2D eigenvalue weighted by molar-refractivity contribution is 7.12. The average Bonchev–Trinajstić information content (AvgIpc) is 3.26. The van der Waals surface area contributed by atoms with E-state index in [4.69, 9.17) is 4.74 Å². The molecular weight excluding hydrogens is 356 g/mol. The highest BCUT2D eigenvalue weighted by Gasteiger charge is 2.18. The Morgan fingerprint density at radius 3 is 2.88 bits per heavy atom. The molecular formula is C14H9F2N5O3S. The van der Waals surface area contributed by atoms with Crippen molar-refractivity contribution in [3.63, 3.8) is 0 Å². The van der Waals surface area contributed by atoms with E-state index in [1.165, 1.54) is 11.0 Å². The van der Waals surface area contributed by atoms with Gasteiger partial charge in [0.15, 0.2) is 6.61 Å². The number of hydrogen-bond donors (Lipinski definition) is 1. The fraction of sp³-hybridized carbons (Fsp3) is 0.0714. The number of thiophene rings is 1. The predicted octanol–water partition coefficient (Wildman–Crippen LogP) is 1.80. The molecule has 0 aliphatic rings. The molecule has 0 aliphatic carbocycles. The number of amides is 1. The minimum absolute atomic E-state index is 0.192. The molecule has 0 radical (unpaired) electrons. The second-order valence-corrected chi connectivity index (χ2v) is 5.55. The zero-order valence-electron chi connectivity index (χ0n) is 12.3. The summed E-state index contributed by atoms with van der Waals surface area (Å²) in [7, 11) is 0. The molecule has 1 amide bonds. The number of esters is 1. The number of aromatic nitrogens is 4. The van der Waals surface area contributed by atoms with Crippen molar-refractivity contribution in [2.24, 2.45) is 0 Å². The number of nitrogens with one attached hydrogen (secondary N) is 1. The third kappa shape index (κ3) is 3.83. The molecule has 0 bridgehead atoms. The maximum atomic E-state index is 13.5. The molecule has 0 saturated carbocycles. The molecule has 128 valence electrons. The van der Waals surface area contributed by atoms with Gasteiger partial charge >= 0.3 is 5.97 Å². The van der Waals surface area contributed by atoms with Gasteiger partial charge in [0.25, 0.3) is 5.91 Å². The van der Waals surface area contributed by atoms with Gasteiger partial charge in [-0.1, -0.05) is 0 Å². The molecule has 0 spiro atoms. The average molecular weight is 365 g/mol. The lowest BCUT2D eigenvalue weighted by molar-refractivity contribution is -0.119. The van der Waals surface area contributed by atoms with Crippen LogP contribution in [0.1, 0.15) is 9.67 Å². The Morgan fingerprint density at radius 1 is 1.28 bits per heavy atom. The third-order valence-corrected chi connectivity index (χ3v) is 3.85. The fourth-order valence-corrected chi connectivity index (χ4v) is 2.65. The number of anilines is 1. The second kappa shape index (κ2) is 7.13. The monoisotopic (exact) mass is 365 g/mol. The number of carbonyl (C=O) groups is 2. The van der Waals surface area contributed by atoms with Gasteiger partial charge in [-0.3, -0.25) is 4.79 Å². The van der Waals surface area contributed by atoms with Crippen LogP contribution in [0.5, 0.6) is 0 Å². The number of benzene rings is 1. The number of halogens is 2. The van der Waals surface area contributed by atoms with Crippen LogP contribution in [0.2, 0.25) is 0 Å². The van der Waals surface area contributed by atoms with E-state index in [0.717, 1.165) is 29.5 Å². The van der Waals surface area contributed by atoms with Crippen LogP contribution in [0.15, 0.2) is 36.0 Å². The molecule has 1 N–H and O–H groups in total. The van der Waals surface area contributed by atoms with Crippen LogP contribution in [0.4, 0.5) is 14.5 Å². The molecule has 0 unspecified atom stereocenters. The number of tetrazole rings is 1. The van der Waals surface area contributed by atoms with Crippen molar-refractivity contribution < 1.29 is 23.1 Å². The standard InChI is InChI=1S/C14H9F2N5O3S/c15-8-1-2-9(16)10(5-8)18-12(22)6-24-14(23)13-11(3-4-25-13)21-7-17-19-20-21/h1-5,7H,6H2,(H,18,22). The van der Waals surface area contributed by atoms with Crippen LogP contribution in [0.3, 0.4) is 0 Å². The van der Waals surface area contributed by atoms with E-state index >= 15 is 0 Å². The van der Waals surface area contributed by atoms with Crippen LogP contribution >= 0.6 is 11.3 Å². The van der Waals surface area contributed by atoms with Crippen LogP contribution in [-0.4, -0.2) is 38.7 Å². The molecule has 0 saturated heterocycles. The molecule has 8 nitrogen and oxygen atoms in total. The first-order chi connectivity index (χ1) is 12.0. The number of rotatable bonds is 5. The number of hydrogen-bond acceptors (Lipinski definition) is 7. The van der Waals surface area contributed by atoms with Crippen molar-refractivity contribution in [1.82, 2.24) is 20.2 Å². The van der Waals surface area contributed by atoms with Crippen LogP contribution in [0.25, 0.3) is 5.69 Å². The summed E-state index contributed by atoms with van der Waals surface area (Å²) < 4.78 is 32.7. The largest absolute Gasteiger partial charge is 0.451 e. The van der Waals surface area contributed by atoms with Gasteiger partial charge in [0, 0.05) is 6.07 Å². The van der Waals surface area contributed by atoms with Crippen LogP contribution in [-0.2, 0) is 9.53 Å². The number of carbonyl (C=O) groups excluding carboxylic acids is 2. The molecule has 3 aromatic rings. The molecule has 11 heteroatoms. The highest BCUT2D eigenvalue weighted by atomic mass is 32.1. The third-order valence-electron chi connectivity index (χ3n) is 2.96.